The second kappa shape index (κ2) is 2.81. The molecule has 0 fully saturated rings. The van der Waals surface area contributed by atoms with Crippen molar-refractivity contribution in [2.24, 2.45) is 0 Å². The summed E-state index contributed by atoms with van der Waals surface area (Å²) in [5, 5.41) is 0.548. The number of benzene rings is 1. The van der Waals surface area contributed by atoms with Gasteiger partial charge in [0, 0.05) is 9.92 Å². The van der Waals surface area contributed by atoms with Gasteiger partial charge in [0.2, 0.25) is 0 Å². The minimum Gasteiger partial charge on any atom is -0.206 e. The summed E-state index contributed by atoms with van der Waals surface area (Å²) in [7, 11) is 0. The van der Waals surface area contributed by atoms with Crippen LogP contribution in [0, 0.1) is 12.7 Å². The van der Waals surface area contributed by atoms with E-state index in [1.54, 1.807) is 6.92 Å². The SMILES string of the molecule is Cc1c(Cl)ccc(F)c1S. The Balaban J connectivity index is 3.34. The van der Waals surface area contributed by atoms with E-state index < -0.39 is 0 Å². The van der Waals surface area contributed by atoms with Crippen molar-refractivity contribution in [3.8, 4) is 0 Å². The summed E-state index contributed by atoms with van der Waals surface area (Å²) in [4.78, 5) is 0.326. The van der Waals surface area contributed by atoms with Crippen molar-refractivity contribution in [2.45, 2.75) is 11.8 Å². The Morgan fingerprint density at radius 2 is 2.10 bits per heavy atom. The third-order valence-corrected chi connectivity index (χ3v) is 2.27. The first kappa shape index (κ1) is 7.89. The highest BCUT2D eigenvalue weighted by molar-refractivity contribution is 7.80. The molecule has 0 heterocycles. The van der Waals surface area contributed by atoms with Crippen molar-refractivity contribution < 1.29 is 4.39 Å². The normalized spacial score (nSPS) is 10.0. The fourth-order valence-electron chi connectivity index (χ4n) is 0.642. The third-order valence-electron chi connectivity index (χ3n) is 1.32. The molecule has 0 aliphatic heterocycles. The Hall–Kier alpha value is -0.210. The van der Waals surface area contributed by atoms with Crippen molar-refractivity contribution in [1.29, 1.82) is 0 Å². The van der Waals surface area contributed by atoms with Crippen molar-refractivity contribution in [3.63, 3.8) is 0 Å². The van der Waals surface area contributed by atoms with Crippen molar-refractivity contribution in [1.82, 2.24) is 0 Å². The smallest absolute Gasteiger partial charge is 0.136 e. The molecule has 0 aliphatic rings. The van der Waals surface area contributed by atoms with E-state index in [9.17, 15) is 4.39 Å². The molecule has 0 nitrogen and oxygen atoms in total. The third kappa shape index (κ3) is 1.27. The molecule has 0 unspecified atom stereocenters. The van der Waals surface area contributed by atoms with Gasteiger partial charge >= 0.3 is 0 Å². The van der Waals surface area contributed by atoms with Gasteiger partial charge in [0.05, 0.1) is 0 Å². The first-order valence-corrected chi connectivity index (χ1v) is 3.59. The van der Waals surface area contributed by atoms with Gasteiger partial charge in [-0.15, -0.1) is 12.6 Å². The summed E-state index contributed by atoms with van der Waals surface area (Å²) in [5.41, 5.74) is 0.685. The number of thiol groups is 1. The van der Waals surface area contributed by atoms with Crippen LogP contribution in [0.3, 0.4) is 0 Å². The van der Waals surface area contributed by atoms with Crippen molar-refractivity contribution in [2.75, 3.05) is 0 Å². The highest BCUT2D eigenvalue weighted by Gasteiger charge is 2.03. The predicted molar refractivity (Wildman–Crippen MR) is 43.4 cm³/mol. The molecule has 0 atom stereocenters. The molecule has 0 amide bonds. The Bertz CT molecular complexity index is 233. The Kier molecular flexibility index (Phi) is 2.21. The monoisotopic (exact) mass is 176 g/mol. The van der Waals surface area contributed by atoms with Crippen LogP contribution >= 0.6 is 24.2 Å². The van der Waals surface area contributed by atoms with Crippen LogP contribution in [-0.4, -0.2) is 0 Å². The lowest BCUT2D eigenvalue weighted by molar-refractivity contribution is 0.600. The first-order chi connectivity index (χ1) is 4.63. The molecule has 0 spiro atoms. The largest absolute Gasteiger partial charge is 0.206 e. The van der Waals surface area contributed by atoms with E-state index in [0.29, 0.717) is 15.5 Å². The van der Waals surface area contributed by atoms with E-state index in [1.165, 1.54) is 12.1 Å². The van der Waals surface area contributed by atoms with Crippen LogP contribution in [0.4, 0.5) is 4.39 Å². The van der Waals surface area contributed by atoms with Crippen LogP contribution in [0.25, 0.3) is 0 Å². The minimum atomic E-state index is -0.328. The van der Waals surface area contributed by atoms with Gasteiger partial charge in [-0.25, -0.2) is 4.39 Å². The van der Waals surface area contributed by atoms with Gasteiger partial charge in [-0.2, -0.15) is 0 Å². The van der Waals surface area contributed by atoms with E-state index in [-0.39, 0.29) is 5.82 Å². The van der Waals surface area contributed by atoms with Crippen LogP contribution in [0.2, 0.25) is 5.02 Å². The molecule has 0 saturated heterocycles. The fraction of sp³-hybridized carbons (Fsp3) is 0.143. The Morgan fingerprint density at radius 3 is 2.60 bits per heavy atom. The molecule has 3 heteroatoms. The van der Waals surface area contributed by atoms with E-state index in [1.807, 2.05) is 0 Å². The molecule has 1 aromatic carbocycles. The molecule has 54 valence electrons. The zero-order valence-electron chi connectivity index (χ0n) is 5.36. The average molecular weight is 177 g/mol. The topological polar surface area (TPSA) is 0 Å². The van der Waals surface area contributed by atoms with Gasteiger partial charge in [0.25, 0.3) is 0 Å². The minimum absolute atomic E-state index is 0.326. The molecule has 0 aliphatic carbocycles. The van der Waals surface area contributed by atoms with E-state index >= 15 is 0 Å². The maximum atomic E-state index is 12.6. The maximum Gasteiger partial charge on any atom is 0.136 e. The summed E-state index contributed by atoms with van der Waals surface area (Å²) >= 11 is 9.59. The average Bonchev–Trinajstić information content (AvgIpc) is 1.93. The zero-order valence-corrected chi connectivity index (χ0v) is 7.01. The van der Waals surface area contributed by atoms with E-state index in [2.05, 4.69) is 12.6 Å². The summed E-state index contributed by atoms with van der Waals surface area (Å²) in [6.07, 6.45) is 0. The molecule has 0 N–H and O–H groups in total. The summed E-state index contributed by atoms with van der Waals surface area (Å²) in [6.45, 7) is 1.73. The number of halogens is 2. The predicted octanol–water partition coefficient (Wildman–Crippen LogP) is 3.08. The standard InChI is InChI=1S/C7H6ClFS/c1-4-5(8)2-3-6(9)7(4)10/h2-3,10H,1H3. The van der Waals surface area contributed by atoms with Crippen molar-refractivity contribution >= 4 is 24.2 Å². The Labute approximate surface area is 69.4 Å². The quantitative estimate of drug-likeness (QED) is 0.577. The number of hydrogen-bond donors (Lipinski definition) is 1. The molecule has 0 aromatic heterocycles. The van der Waals surface area contributed by atoms with Gasteiger partial charge in [0.1, 0.15) is 5.82 Å². The van der Waals surface area contributed by atoms with E-state index in [0.717, 1.165) is 0 Å². The van der Waals surface area contributed by atoms with Crippen LogP contribution in [-0.2, 0) is 0 Å². The molecular formula is C7H6ClFS. The first-order valence-electron chi connectivity index (χ1n) is 2.76. The lowest BCUT2D eigenvalue weighted by atomic mass is 10.2. The fourth-order valence-corrected chi connectivity index (χ4v) is 1.06. The van der Waals surface area contributed by atoms with Crippen LogP contribution < -0.4 is 0 Å². The number of hydrogen-bond acceptors (Lipinski definition) is 1. The van der Waals surface area contributed by atoms with Crippen LogP contribution in [0.1, 0.15) is 5.56 Å². The van der Waals surface area contributed by atoms with Gasteiger partial charge in [-0.1, -0.05) is 11.6 Å². The Morgan fingerprint density at radius 1 is 1.50 bits per heavy atom. The molecule has 0 bridgehead atoms. The summed E-state index contributed by atoms with van der Waals surface area (Å²) < 4.78 is 12.6. The van der Waals surface area contributed by atoms with Gasteiger partial charge in [-0.05, 0) is 24.6 Å². The van der Waals surface area contributed by atoms with E-state index in [4.69, 9.17) is 11.6 Å². The second-order valence-corrected chi connectivity index (χ2v) is 2.86. The highest BCUT2D eigenvalue weighted by Crippen LogP contribution is 2.24. The summed E-state index contributed by atoms with van der Waals surface area (Å²) in [6, 6.07) is 2.82. The lowest BCUT2D eigenvalue weighted by Crippen LogP contribution is -1.83. The maximum absolute atomic E-state index is 12.6. The van der Waals surface area contributed by atoms with Gasteiger partial charge in [-0.3, -0.25) is 0 Å². The second-order valence-electron chi connectivity index (χ2n) is 2.00. The molecular weight excluding hydrogens is 171 g/mol. The van der Waals surface area contributed by atoms with Crippen LogP contribution in [0.15, 0.2) is 17.0 Å². The highest BCUT2D eigenvalue weighted by atomic mass is 35.5. The van der Waals surface area contributed by atoms with Gasteiger partial charge < -0.3 is 0 Å². The molecule has 0 saturated carbocycles. The van der Waals surface area contributed by atoms with Crippen LogP contribution in [0.5, 0.6) is 0 Å². The van der Waals surface area contributed by atoms with Crippen molar-refractivity contribution in [3.05, 3.63) is 28.5 Å². The van der Waals surface area contributed by atoms with Gasteiger partial charge in [0.15, 0.2) is 0 Å². The lowest BCUT2D eigenvalue weighted by Gasteiger charge is -2.00. The molecule has 0 radical (unpaired) electrons. The zero-order chi connectivity index (χ0) is 7.72. The summed E-state index contributed by atoms with van der Waals surface area (Å²) in [5.74, 6) is -0.328. The molecule has 1 aromatic rings. The molecule has 1 rings (SSSR count). The number of rotatable bonds is 0. The molecule has 10 heavy (non-hydrogen) atoms.